The van der Waals surface area contributed by atoms with Crippen LogP contribution in [0.1, 0.15) is 19.0 Å². The Morgan fingerprint density at radius 3 is 2.50 bits per heavy atom. The van der Waals surface area contributed by atoms with E-state index in [1.54, 1.807) is 6.07 Å². The zero-order chi connectivity index (χ0) is 9.30. The van der Waals surface area contributed by atoms with Gasteiger partial charge in [-0.3, -0.25) is 0 Å². The van der Waals surface area contributed by atoms with Crippen LogP contribution < -0.4 is 0 Å². The number of hydrogen-bond acceptors (Lipinski definition) is 2. The van der Waals surface area contributed by atoms with Gasteiger partial charge in [-0.25, -0.2) is 4.79 Å². The molecule has 1 aromatic heterocycles. The van der Waals surface area contributed by atoms with E-state index in [0.29, 0.717) is 5.56 Å². The van der Waals surface area contributed by atoms with Gasteiger partial charge in [0, 0.05) is 4.88 Å². The zero-order valence-corrected chi connectivity index (χ0v) is 11.1. The molecule has 1 heterocycles. The molecule has 0 aromatic carbocycles. The Morgan fingerprint density at radius 1 is 1.58 bits per heavy atom. The summed E-state index contributed by atoms with van der Waals surface area (Å²) in [4.78, 5) is 11.4. The molecule has 6 heteroatoms. The molecule has 0 unspecified atom stereocenters. The molecule has 0 atom stereocenters. The molecule has 0 saturated heterocycles. The molecule has 0 aliphatic heterocycles. The van der Waals surface area contributed by atoms with Gasteiger partial charge in [-0.05, 0) is 22.0 Å². The van der Waals surface area contributed by atoms with Crippen molar-refractivity contribution in [1.82, 2.24) is 0 Å². The maximum atomic E-state index is 10.7. The first-order chi connectivity index (χ1) is 5.52. The summed E-state index contributed by atoms with van der Waals surface area (Å²) in [5, 5.41) is 8.77. The van der Waals surface area contributed by atoms with Crippen LogP contribution in [0.4, 0.5) is 0 Å². The van der Waals surface area contributed by atoms with Crippen molar-refractivity contribution in [3.63, 3.8) is 0 Å². The van der Waals surface area contributed by atoms with Crippen LogP contribution in [0.3, 0.4) is 0 Å². The van der Waals surface area contributed by atoms with Crippen molar-refractivity contribution in [2.75, 3.05) is 0 Å². The average Bonchev–Trinajstić information content (AvgIpc) is 2.31. The second kappa shape index (κ2) is 4.21. The number of carbonyl (C=O) groups is 1. The molecule has 0 amide bonds. The van der Waals surface area contributed by atoms with E-state index in [1.165, 1.54) is 11.3 Å². The van der Waals surface area contributed by atoms with E-state index in [4.69, 9.17) is 5.11 Å². The van der Waals surface area contributed by atoms with Crippen LogP contribution >= 0.6 is 59.1 Å². The molecular formula is C6H3Br3O2S. The largest absolute Gasteiger partial charge is 0.478 e. The highest BCUT2D eigenvalue weighted by atomic mass is 79.9. The predicted molar refractivity (Wildman–Crippen MR) is 59.6 cm³/mol. The smallest absolute Gasteiger partial charge is 0.336 e. The van der Waals surface area contributed by atoms with Gasteiger partial charge >= 0.3 is 5.97 Å². The lowest BCUT2D eigenvalue weighted by molar-refractivity contribution is 0.0696. The summed E-state index contributed by atoms with van der Waals surface area (Å²) >= 11 is 11.1. The number of carboxylic acid groups (broad SMARTS) is 1. The van der Waals surface area contributed by atoms with E-state index in [0.717, 1.165) is 8.66 Å². The molecule has 1 aromatic rings. The lowest BCUT2D eigenvalue weighted by atomic mass is 10.3. The predicted octanol–water partition coefficient (Wildman–Crippen LogP) is 4.00. The first-order valence-electron chi connectivity index (χ1n) is 2.83. The number of thiophene rings is 1. The number of rotatable bonds is 2. The maximum absolute atomic E-state index is 10.7. The summed E-state index contributed by atoms with van der Waals surface area (Å²) in [6.07, 6.45) is 0. The molecule has 0 aliphatic carbocycles. The third kappa shape index (κ3) is 2.31. The van der Waals surface area contributed by atoms with Gasteiger partial charge < -0.3 is 5.11 Å². The number of alkyl halides is 2. The van der Waals surface area contributed by atoms with Crippen LogP contribution in [0.2, 0.25) is 0 Å². The van der Waals surface area contributed by atoms with Crippen molar-refractivity contribution in [3.8, 4) is 0 Å². The third-order valence-electron chi connectivity index (χ3n) is 1.16. The second-order valence-electron chi connectivity index (χ2n) is 1.93. The lowest BCUT2D eigenvalue weighted by Gasteiger charge is -1.98. The van der Waals surface area contributed by atoms with E-state index in [2.05, 4.69) is 47.8 Å². The zero-order valence-electron chi connectivity index (χ0n) is 5.55. The number of aromatic carboxylic acids is 1. The molecular weight excluding hydrogens is 376 g/mol. The first kappa shape index (κ1) is 10.7. The quantitative estimate of drug-likeness (QED) is 0.790. The molecule has 0 fully saturated rings. The Bertz CT molecular complexity index is 308. The van der Waals surface area contributed by atoms with Crippen LogP contribution in [0, 0.1) is 0 Å². The molecule has 0 saturated carbocycles. The Balaban J connectivity index is 3.17. The summed E-state index contributed by atoms with van der Waals surface area (Å²) < 4.78 is 0.714. The van der Waals surface area contributed by atoms with Crippen LogP contribution in [0.15, 0.2) is 9.85 Å². The van der Waals surface area contributed by atoms with Crippen molar-refractivity contribution in [3.05, 3.63) is 20.3 Å². The highest BCUT2D eigenvalue weighted by Crippen LogP contribution is 2.39. The Labute approximate surface area is 98.4 Å². The molecule has 1 rings (SSSR count). The van der Waals surface area contributed by atoms with Crippen LogP contribution in [-0.2, 0) is 0 Å². The van der Waals surface area contributed by atoms with E-state index in [-0.39, 0.29) is 3.74 Å². The number of carboxylic acids is 1. The van der Waals surface area contributed by atoms with Crippen molar-refractivity contribution in [1.29, 1.82) is 0 Å². The molecule has 12 heavy (non-hydrogen) atoms. The van der Waals surface area contributed by atoms with Gasteiger partial charge in [0.15, 0.2) is 0 Å². The van der Waals surface area contributed by atoms with Crippen molar-refractivity contribution < 1.29 is 9.90 Å². The molecule has 2 nitrogen and oxygen atoms in total. The monoisotopic (exact) mass is 376 g/mol. The summed E-state index contributed by atoms with van der Waals surface area (Å²) in [6, 6.07) is 1.60. The van der Waals surface area contributed by atoms with Gasteiger partial charge in [0.05, 0.1) is 9.35 Å². The van der Waals surface area contributed by atoms with Gasteiger partial charge in [0.25, 0.3) is 0 Å². The topological polar surface area (TPSA) is 37.3 Å². The Hall–Kier alpha value is 0.610. The number of hydrogen-bond donors (Lipinski definition) is 1. The second-order valence-corrected chi connectivity index (χ2v) is 7.46. The fraction of sp³-hybridized carbons (Fsp3) is 0.167. The van der Waals surface area contributed by atoms with E-state index in [1.807, 2.05) is 0 Å². The Morgan fingerprint density at radius 2 is 2.17 bits per heavy atom. The fourth-order valence-electron chi connectivity index (χ4n) is 0.703. The van der Waals surface area contributed by atoms with E-state index in [9.17, 15) is 4.79 Å². The maximum Gasteiger partial charge on any atom is 0.336 e. The minimum atomic E-state index is -0.907. The van der Waals surface area contributed by atoms with E-state index >= 15 is 0 Å². The standard InChI is InChI=1S/C6H3Br3O2S/c7-3-1-2(6(10)11)4(12-3)5(8)9/h1,5H,(H,10,11). The number of halogens is 3. The highest BCUT2D eigenvalue weighted by Gasteiger charge is 2.18. The Kier molecular flexibility index (Phi) is 3.75. The van der Waals surface area contributed by atoms with Gasteiger partial charge in [0.2, 0.25) is 0 Å². The van der Waals surface area contributed by atoms with Gasteiger partial charge in [-0.2, -0.15) is 0 Å². The molecule has 66 valence electrons. The van der Waals surface area contributed by atoms with Crippen molar-refractivity contribution in [2.45, 2.75) is 3.74 Å². The lowest BCUT2D eigenvalue weighted by Crippen LogP contribution is -1.96. The van der Waals surface area contributed by atoms with Crippen LogP contribution in [0.25, 0.3) is 0 Å². The molecule has 0 bridgehead atoms. The fourth-order valence-corrected chi connectivity index (χ4v) is 3.24. The first-order valence-corrected chi connectivity index (χ1v) is 6.27. The van der Waals surface area contributed by atoms with E-state index < -0.39 is 5.97 Å². The summed E-state index contributed by atoms with van der Waals surface area (Å²) in [5.41, 5.74) is 0.325. The van der Waals surface area contributed by atoms with Gasteiger partial charge in [0.1, 0.15) is 3.74 Å². The van der Waals surface area contributed by atoms with Crippen LogP contribution in [-0.4, -0.2) is 11.1 Å². The van der Waals surface area contributed by atoms with Crippen molar-refractivity contribution >= 4 is 65.1 Å². The minimum absolute atomic E-state index is 0.104. The van der Waals surface area contributed by atoms with Crippen LogP contribution in [0.5, 0.6) is 0 Å². The SMILES string of the molecule is O=C(O)c1cc(Br)sc1C(Br)Br. The molecule has 0 aliphatic rings. The minimum Gasteiger partial charge on any atom is -0.478 e. The summed E-state index contributed by atoms with van der Waals surface area (Å²) in [6.45, 7) is 0. The molecule has 0 radical (unpaired) electrons. The van der Waals surface area contributed by atoms with Crippen molar-refractivity contribution in [2.24, 2.45) is 0 Å². The molecule has 1 N–H and O–H groups in total. The summed E-state index contributed by atoms with van der Waals surface area (Å²) in [7, 11) is 0. The highest BCUT2D eigenvalue weighted by molar-refractivity contribution is 9.24. The third-order valence-corrected chi connectivity index (χ3v) is 4.38. The van der Waals surface area contributed by atoms with Gasteiger partial charge in [-0.1, -0.05) is 31.9 Å². The van der Waals surface area contributed by atoms with Gasteiger partial charge in [-0.15, -0.1) is 11.3 Å². The summed E-state index contributed by atoms with van der Waals surface area (Å²) in [5.74, 6) is -0.907. The normalized spacial score (nSPS) is 10.7. The molecule has 0 spiro atoms. The average molecular weight is 379 g/mol.